The van der Waals surface area contributed by atoms with Crippen molar-refractivity contribution in [2.24, 2.45) is 0 Å². The molecular formula is C9H8Cl2N2O3. The van der Waals surface area contributed by atoms with Crippen LogP contribution in [0.5, 0.6) is 0 Å². The second-order valence-electron chi connectivity index (χ2n) is 2.89. The zero-order valence-corrected chi connectivity index (χ0v) is 9.47. The van der Waals surface area contributed by atoms with Crippen molar-refractivity contribution in [2.45, 2.75) is 6.42 Å². The van der Waals surface area contributed by atoms with Crippen LogP contribution in [0.15, 0.2) is 18.2 Å². The number of nitrogens with one attached hydrogen (secondary N) is 2. The quantitative estimate of drug-likeness (QED) is 0.442. The Morgan fingerprint density at radius 3 is 2.44 bits per heavy atom. The molecule has 0 radical (unpaired) electrons. The Labute approximate surface area is 101 Å². The maximum atomic E-state index is 11.2. The number of rotatable bonds is 3. The molecule has 0 aromatic heterocycles. The van der Waals surface area contributed by atoms with Gasteiger partial charge in [-0.05, 0) is 18.2 Å². The Balaban J connectivity index is 2.63. The van der Waals surface area contributed by atoms with E-state index in [0.717, 1.165) is 0 Å². The molecule has 16 heavy (non-hydrogen) atoms. The van der Waals surface area contributed by atoms with Gasteiger partial charge < -0.3 is 5.32 Å². The number of carbonyl (C=O) groups excluding carboxylic acids is 2. The molecule has 0 saturated carbocycles. The Hall–Kier alpha value is -1.30. The molecule has 0 atom stereocenters. The topological polar surface area (TPSA) is 78.4 Å². The van der Waals surface area contributed by atoms with E-state index in [2.05, 4.69) is 5.32 Å². The van der Waals surface area contributed by atoms with E-state index in [1.165, 1.54) is 17.6 Å². The number of anilines is 1. The number of amides is 2. The molecule has 1 aromatic carbocycles. The smallest absolute Gasteiger partial charge is 0.252 e. The molecule has 2 amide bonds. The summed E-state index contributed by atoms with van der Waals surface area (Å²) in [5.74, 6) is -1.36. The van der Waals surface area contributed by atoms with Crippen LogP contribution >= 0.6 is 23.2 Å². The molecule has 1 aromatic rings. The van der Waals surface area contributed by atoms with Gasteiger partial charge in [-0.2, -0.15) is 0 Å². The highest BCUT2D eigenvalue weighted by atomic mass is 35.5. The summed E-state index contributed by atoms with van der Waals surface area (Å²) in [6, 6.07) is 4.52. The van der Waals surface area contributed by atoms with Gasteiger partial charge in [-0.15, -0.1) is 0 Å². The fourth-order valence-electron chi connectivity index (χ4n) is 0.964. The van der Waals surface area contributed by atoms with Crippen molar-refractivity contribution in [3.05, 3.63) is 28.2 Å². The van der Waals surface area contributed by atoms with Crippen molar-refractivity contribution >= 4 is 40.7 Å². The molecule has 0 aliphatic heterocycles. The molecule has 1 rings (SSSR count). The van der Waals surface area contributed by atoms with Gasteiger partial charge in [-0.25, -0.2) is 5.48 Å². The minimum atomic E-state index is -0.794. The molecule has 0 unspecified atom stereocenters. The first-order valence-electron chi connectivity index (χ1n) is 4.20. The van der Waals surface area contributed by atoms with E-state index >= 15 is 0 Å². The monoisotopic (exact) mass is 262 g/mol. The lowest BCUT2D eigenvalue weighted by Gasteiger charge is -2.05. The van der Waals surface area contributed by atoms with E-state index in [9.17, 15) is 9.59 Å². The highest BCUT2D eigenvalue weighted by molar-refractivity contribution is 6.42. The Morgan fingerprint density at radius 2 is 1.88 bits per heavy atom. The van der Waals surface area contributed by atoms with Gasteiger partial charge in [0, 0.05) is 5.69 Å². The van der Waals surface area contributed by atoms with Crippen molar-refractivity contribution in [1.82, 2.24) is 5.48 Å². The van der Waals surface area contributed by atoms with E-state index in [1.807, 2.05) is 0 Å². The van der Waals surface area contributed by atoms with Crippen LogP contribution in [0.25, 0.3) is 0 Å². The fourth-order valence-corrected chi connectivity index (χ4v) is 1.26. The van der Waals surface area contributed by atoms with Crippen molar-refractivity contribution < 1.29 is 14.8 Å². The van der Waals surface area contributed by atoms with Crippen LogP contribution in [0, 0.1) is 0 Å². The summed E-state index contributed by atoms with van der Waals surface area (Å²) in [4.78, 5) is 21.9. The van der Waals surface area contributed by atoms with E-state index in [0.29, 0.717) is 15.7 Å². The third-order valence-corrected chi connectivity index (χ3v) is 2.39. The fraction of sp³-hybridized carbons (Fsp3) is 0.111. The molecule has 0 heterocycles. The maximum absolute atomic E-state index is 11.2. The van der Waals surface area contributed by atoms with Crippen LogP contribution in [0.4, 0.5) is 5.69 Å². The number of hydrogen-bond acceptors (Lipinski definition) is 3. The van der Waals surface area contributed by atoms with Gasteiger partial charge in [0.2, 0.25) is 5.91 Å². The highest BCUT2D eigenvalue weighted by Crippen LogP contribution is 2.24. The third-order valence-electron chi connectivity index (χ3n) is 1.65. The highest BCUT2D eigenvalue weighted by Gasteiger charge is 2.09. The minimum Gasteiger partial charge on any atom is -0.326 e. The number of benzene rings is 1. The molecule has 0 saturated heterocycles. The summed E-state index contributed by atoms with van der Waals surface area (Å²) in [5, 5.41) is 11.3. The molecule has 3 N–H and O–H groups in total. The lowest BCUT2D eigenvalue weighted by atomic mass is 10.3. The van der Waals surface area contributed by atoms with Gasteiger partial charge >= 0.3 is 0 Å². The number of hydroxylamine groups is 1. The van der Waals surface area contributed by atoms with E-state index < -0.39 is 18.2 Å². The first kappa shape index (κ1) is 12.8. The molecule has 0 aliphatic rings. The lowest BCUT2D eigenvalue weighted by molar-refractivity contribution is -0.132. The average molecular weight is 263 g/mol. The van der Waals surface area contributed by atoms with Crippen LogP contribution < -0.4 is 10.8 Å². The van der Waals surface area contributed by atoms with Gasteiger partial charge in [-0.3, -0.25) is 14.8 Å². The van der Waals surface area contributed by atoms with Crippen molar-refractivity contribution in [2.75, 3.05) is 5.32 Å². The van der Waals surface area contributed by atoms with Gasteiger partial charge in [0.15, 0.2) is 0 Å². The molecule has 0 fully saturated rings. The van der Waals surface area contributed by atoms with Crippen molar-refractivity contribution in [3.8, 4) is 0 Å². The Bertz CT molecular complexity index is 423. The standard InChI is InChI=1S/C9H8Cl2N2O3/c10-6-2-1-5(3-7(6)11)12-8(14)4-9(15)13-16/h1-3,16H,4H2,(H,12,14)(H,13,15). The van der Waals surface area contributed by atoms with Crippen LogP contribution in [0.3, 0.4) is 0 Å². The van der Waals surface area contributed by atoms with Gasteiger partial charge in [0.05, 0.1) is 10.0 Å². The Morgan fingerprint density at radius 1 is 1.19 bits per heavy atom. The van der Waals surface area contributed by atoms with E-state index in [4.69, 9.17) is 28.4 Å². The van der Waals surface area contributed by atoms with Crippen molar-refractivity contribution in [3.63, 3.8) is 0 Å². The van der Waals surface area contributed by atoms with Crippen LogP contribution in [-0.2, 0) is 9.59 Å². The minimum absolute atomic E-state index is 0.297. The first-order chi connectivity index (χ1) is 7.52. The van der Waals surface area contributed by atoms with Crippen LogP contribution in [-0.4, -0.2) is 17.0 Å². The van der Waals surface area contributed by atoms with Crippen LogP contribution in [0.2, 0.25) is 10.0 Å². The summed E-state index contributed by atoms with van der Waals surface area (Å²) in [7, 11) is 0. The molecular weight excluding hydrogens is 255 g/mol. The zero-order valence-electron chi connectivity index (χ0n) is 7.96. The van der Waals surface area contributed by atoms with Crippen molar-refractivity contribution in [1.29, 1.82) is 0 Å². The number of carbonyl (C=O) groups is 2. The Kier molecular flexibility index (Phi) is 4.54. The summed E-state index contributed by atoms with van der Waals surface area (Å²) in [6.45, 7) is 0. The normalized spacial score (nSPS) is 9.69. The predicted octanol–water partition coefficient (Wildman–Crippen LogP) is 1.83. The second kappa shape index (κ2) is 5.69. The molecule has 0 spiro atoms. The predicted molar refractivity (Wildman–Crippen MR) is 59.6 cm³/mol. The third kappa shape index (κ3) is 3.69. The lowest BCUT2D eigenvalue weighted by Crippen LogP contribution is -2.25. The largest absolute Gasteiger partial charge is 0.326 e. The molecule has 0 aliphatic carbocycles. The number of halogens is 2. The molecule has 0 bridgehead atoms. The van der Waals surface area contributed by atoms with Gasteiger partial charge in [0.25, 0.3) is 5.91 Å². The summed E-state index contributed by atoms with van der Waals surface area (Å²) < 4.78 is 0. The summed E-state index contributed by atoms with van der Waals surface area (Å²) in [5.41, 5.74) is 1.78. The zero-order chi connectivity index (χ0) is 12.1. The maximum Gasteiger partial charge on any atom is 0.252 e. The summed E-state index contributed by atoms with van der Waals surface area (Å²) in [6.07, 6.45) is -0.475. The van der Waals surface area contributed by atoms with Gasteiger partial charge in [0.1, 0.15) is 6.42 Å². The van der Waals surface area contributed by atoms with E-state index in [-0.39, 0.29) is 0 Å². The SMILES string of the molecule is O=C(CC(=O)Nc1ccc(Cl)c(Cl)c1)NO. The van der Waals surface area contributed by atoms with E-state index in [1.54, 1.807) is 6.07 Å². The molecule has 7 heteroatoms. The molecule has 5 nitrogen and oxygen atoms in total. The van der Waals surface area contributed by atoms with Gasteiger partial charge in [-0.1, -0.05) is 23.2 Å². The molecule has 86 valence electrons. The summed E-state index contributed by atoms with van der Waals surface area (Å²) >= 11 is 11.4. The first-order valence-corrected chi connectivity index (χ1v) is 4.96. The number of hydrogen-bond donors (Lipinski definition) is 3. The van der Waals surface area contributed by atoms with Crippen LogP contribution in [0.1, 0.15) is 6.42 Å². The average Bonchev–Trinajstić information content (AvgIpc) is 2.23. The second-order valence-corrected chi connectivity index (χ2v) is 3.70.